The molecule has 132 valence electrons. The second-order valence-electron chi connectivity index (χ2n) is 6.24. The van der Waals surface area contributed by atoms with E-state index >= 15 is 0 Å². The summed E-state index contributed by atoms with van der Waals surface area (Å²) in [5, 5.41) is 9.68. The van der Waals surface area contributed by atoms with E-state index in [1.54, 1.807) is 0 Å². The van der Waals surface area contributed by atoms with E-state index in [1.165, 1.54) is 0 Å². The number of nitrogens with zero attached hydrogens (tertiary/aromatic N) is 1. The molecule has 8 heteroatoms. The van der Waals surface area contributed by atoms with Gasteiger partial charge in [0.25, 0.3) is 7.82 Å². The summed E-state index contributed by atoms with van der Waals surface area (Å²) in [5.41, 5.74) is 0.971. The maximum Gasteiger partial charge on any atom is 0.268 e. The number of quaternary nitrogens is 1. The molecule has 0 saturated carbocycles. The highest BCUT2D eigenvalue weighted by molar-refractivity contribution is 7.45. The minimum Gasteiger partial charge on any atom is -0.756 e. The van der Waals surface area contributed by atoms with E-state index < -0.39 is 13.9 Å². The largest absolute Gasteiger partial charge is 0.756 e. The van der Waals surface area contributed by atoms with Crippen molar-refractivity contribution in [2.75, 3.05) is 47.5 Å². The number of rotatable bonds is 11. The first kappa shape index (κ1) is 20.3. The smallest absolute Gasteiger partial charge is 0.268 e. The van der Waals surface area contributed by atoms with Crippen molar-refractivity contribution >= 4 is 7.82 Å². The lowest BCUT2D eigenvalue weighted by molar-refractivity contribution is -0.870. The van der Waals surface area contributed by atoms with Crippen LogP contribution in [0, 0.1) is 0 Å². The summed E-state index contributed by atoms with van der Waals surface area (Å²) in [4.78, 5) is 11.5. The monoisotopic (exact) mass is 347 g/mol. The second-order valence-corrected chi connectivity index (χ2v) is 7.66. The molecular weight excluding hydrogens is 321 g/mol. The molecule has 0 bridgehead atoms. The van der Waals surface area contributed by atoms with Gasteiger partial charge in [0.2, 0.25) is 0 Å². The average Bonchev–Trinajstić information content (AvgIpc) is 2.45. The van der Waals surface area contributed by atoms with Crippen molar-refractivity contribution in [2.24, 2.45) is 0 Å². The average molecular weight is 347 g/mol. The Labute approximate surface area is 137 Å². The molecule has 0 aromatic heterocycles. The number of likely N-dealkylation sites (N-methyl/N-ethyl adjacent to an activating group) is 1. The number of hydrogen-bond acceptors (Lipinski definition) is 6. The minimum atomic E-state index is -4.40. The van der Waals surface area contributed by atoms with Gasteiger partial charge >= 0.3 is 0 Å². The lowest BCUT2D eigenvalue weighted by Gasteiger charge is -2.27. The molecule has 2 atom stereocenters. The van der Waals surface area contributed by atoms with E-state index in [2.05, 4.69) is 4.52 Å². The Morgan fingerprint density at radius 3 is 2.43 bits per heavy atom. The van der Waals surface area contributed by atoms with E-state index in [0.29, 0.717) is 17.6 Å². The molecule has 0 aliphatic heterocycles. The van der Waals surface area contributed by atoms with Crippen LogP contribution in [0.4, 0.5) is 0 Å². The molecule has 0 fully saturated rings. The van der Waals surface area contributed by atoms with Crippen LogP contribution in [0.3, 0.4) is 0 Å². The lowest BCUT2D eigenvalue weighted by atomic mass is 10.2. The molecular formula is C15H26NO6P. The van der Waals surface area contributed by atoms with Crippen LogP contribution in [-0.4, -0.2) is 63.2 Å². The van der Waals surface area contributed by atoms with Crippen molar-refractivity contribution in [3.63, 3.8) is 0 Å². The highest BCUT2D eigenvalue weighted by atomic mass is 31.2. The Morgan fingerprint density at radius 1 is 1.17 bits per heavy atom. The van der Waals surface area contributed by atoms with Gasteiger partial charge in [0.05, 0.1) is 41.0 Å². The molecule has 1 N–H and O–H groups in total. The molecule has 0 radical (unpaired) electrons. The normalized spacial score (nSPS) is 16.0. The quantitative estimate of drug-likeness (QED) is 0.470. The van der Waals surface area contributed by atoms with E-state index in [9.17, 15) is 14.6 Å². The summed E-state index contributed by atoms with van der Waals surface area (Å²) < 4.78 is 26.8. The zero-order valence-corrected chi connectivity index (χ0v) is 14.8. The number of benzene rings is 1. The fraction of sp³-hybridized carbons (Fsp3) is 0.600. The molecule has 1 unspecified atom stereocenters. The molecule has 0 amide bonds. The van der Waals surface area contributed by atoms with Gasteiger partial charge in [-0.25, -0.2) is 0 Å². The topological polar surface area (TPSA) is 88.1 Å². The summed E-state index contributed by atoms with van der Waals surface area (Å²) in [6, 6.07) is 9.47. The predicted octanol–water partition coefficient (Wildman–Crippen LogP) is 0.772. The van der Waals surface area contributed by atoms with Crippen molar-refractivity contribution in [2.45, 2.75) is 12.7 Å². The van der Waals surface area contributed by atoms with E-state index in [0.717, 1.165) is 5.56 Å². The Morgan fingerprint density at radius 2 is 1.83 bits per heavy atom. The fourth-order valence-electron chi connectivity index (χ4n) is 1.58. The molecule has 0 spiro atoms. The summed E-state index contributed by atoms with van der Waals surface area (Å²) in [6.07, 6.45) is -1.04. The Kier molecular flexibility index (Phi) is 8.36. The SMILES string of the molecule is C[N+](C)(C)CCOP(=O)([O-])OC[C@H](O)COCc1ccccc1. The van der Waals surface area contributed by atoms with Crippen molar-refractivity contribution in [1.29, 1.82) is 0 Å². The van der Waals surface area contributed by atoms with Crippen LogP contribution in [0.1, 0.15) is 5.56 Å². The molecule has 23 heavy (non-hydrogen) atoms. The first-order valence-electron chi connectivity index (χ1n) is 7.38. The Balaban J connectivity index is 2.18. The fourth-order valence-corrected chi connectivity index (χ4v) is 2.31. The zero-order chi connectivity index (χ0) is 17.3. The van der Waals surface area contributed by atoms with E-state index in [1.807, 2.05) is 51.5 Å². The number of phosphoric acid groups is 1. The number of phosphoric ester groups is 1. The minimum absolute atomic E-state index is 0.0201. The first-order valence-corrected chi connectivity index (χ1v) is 8.84. The number of aliphatic hydroxyl groups excluding tert-OH is 1. The van der Waals surface area contributed by atoms with Gasteiger partial charge in [-0.05, 0) is 5.56 Å². The van der Waals surface area contributed by atoms with Crippen LogP contribution < -0.4 is 4.89 Å². The lowest BCUT2D eigenvalue weighted by Crippen LogP contribution is -2.37. The third-order valence-corrected chi connectivity index (χ3v) is 3.82. The van der Waals surface area contributed by atoms with Crippen LogP contribution in [-0.2, 0) is 25.0 Å². The molecule has 7 nitrogen and oxygen atoms in total. The van der Waals surface area contributed by atoms with Crippen LogP contribution in [0.5, 0.6) is 0 Å². The van der Waals surface area contributed by atoms with E-state index in [-0.39, 0.29) is 19.8 Å². The number of aliphatic hydroxyl groups is 1. The highest BCUT2D eigenvalue weighted by Crippen LogP contribution is 2.38. The molecule has 0 heterocycles. The van der Waals surface area contributed by atoms with Gasteiger partial charge in [0, 0.05) is 0 Å². The summed E-state index contributed by atoms with van der Waals surface area (Å²) in [5.74, 6) is 0. The number of hydrogen-bond donors (Lipinski definition) is 1. The second kappa shape index (κ2) is 9.49. The van der Waals surface area contributed by atoms with Crippen molar-refractivity contribution in [3.05, 3.63) is 35.9 Å². The van der Waals surface area contributed by atoms with Gasteiger partial charge in [-0.1, -0.05) is 30.3 Å². The zero-order valence-electron chi connectivity index (χ0n) is 13.9. The standard InChI is InChI=1S/C15H26NO6P/c1-16(2,3)9-10-21-23(18,19)22-13-15(17)12-20-11-14-7-5-4-6-8-14/h4-8,15,17H,9-13H2,1-3H3/t15-/m1/s1. The van der Waals surface area contributed by atoms with Crippen LogP contribution in [0.15, 0.2) is 30.3 Å². The van der Waals surface area contributed by atoms with Gasteiger partial charge in [-0.3, -0.25) is 4.57 Å². The van der Waals surface area contributed by atoms with Gasteiger partial charge in [0.15, 0.2) is 0 Å². The maximum atomic E-state index is 11.5. The Bertz CT molecular complexity index is 490. The predicted molar refractivity (Wildman–Crippen MR) is 84.5 cm³/mol. The van der Waals surface area contributed by atoms with Crippen LogP contribution in [0.25, 0.3) is 0 Å². The van der Waals surface area contributed by atoms with Crippen molar-refractivity contribution in [3.8, 4) is 0 Å². The van der Waals surface area contributed by atoms with Crippen LogP contribution >= 0.6 is 7.82 Å². The van der Waals surface area contributed by atoms with Crippen molar-refractivity contribution in [1.82, 2.24) is 0 Å². The highest BCUT2D eigenvalue weighted by Gasteiger charge is 2.15. The molecule has 1 aromatic rings. The molecule has 0 aliphatic rings. The molecule has 1 rings (SSSR count). The van der Waals surface area contributed by atoms with E-state index in [4.69, 9.17) is 9.26 Å². The maximum absolute atomic E-state index is 11.5. The molecule has 0 saturated heterocycles. The summed E-state index contributed by atoms with van der Waals surface area (Å²) >= 11 is 0. The van der Waals surface area contributed by atoms with Gasteiger partial charge in [-0.2, -0.15) is 0 Å². The third kappa shape index (κ3) is 10.6. The first-order chi connectivity index (χ1) is 10.7. The van der Waals surface area contributed by atoms with Crippen molar-refractivity contribution < 1.29 is 32.8 Å². The summed E-state index contributed by atoms with van der Waals surface area (Å²) in [6.45, 7) is 0.490. The number of ether oxygens (including phenoxy) is 1. The van der Waals surface area contributed by atoms with Gasteiger partial charge in [-0.15, -0.1) is 0 Å². The van der Waals surface area contributed by atoms with Crippen LogP contribution in [0.2, 0.25) is 0 Å². The molecule has 1 aromatic carbocycles. The summed E-state index contributed by atoms with van der Waals surface area (Å²) in [7, 11) is 1.37. The Hall–Kier alpha value is -0.790. The van der Waals surface area contributed by atoms with Gasteiger partial charge < -0.3 is 28.3 Å². The molecule has 0 aliphatic carbocycles. The third-order valence-electron chi connectivity index (χ3n) is 2.86. The van der Waals surface area contributed by atoms with Gasteiger partial charge in [0.1, 0.15) is 19.3 Å².